The van der Waals surface area contributed by atoms with Crippen LogP contribution in [-0.2, 0) is 15.0 Å². The van der Waals surface area contributed by atoms with Gasteiger partial charge in [0.2, 0.25) is 11.8 Å². The van der Waals surface area contributed by atoms with Crippen LogP contribution in [0.4, 0.5) is 0 Å². The van der Waals surface area contributed by atoms with E-state index in [0.717, 1.165) is 0 Å². The Hall–Kier alpha value is -2.37. The van der Waals surface area contributed by atoms with E-state index in [4.69, 9.17) is 0 Å². The highest BCUT2D eigenvalue weighted by atomic mass is 16.2. The maximum absolute atomic E-state index is 12.7. The van der Waals surface area contributed by atoms with Crippen molar-refractivity contribution in [3.05, 3.63) is 35.4 Å². The molecule has 0 spiro atoms. The van der Waals surface area contributed by atoms with E-state index >= 15 is 0 Å². The number of amides is 3. The van der Waals surface area contributed by atoms with Crippen molar-refractivity contribution in [3.8, 4) is 0 Å². The molecular weight excluding hydrogens is 330 g/mol. The van der Waals surface area contributed by atoms with Crippen LogP contribution in [0.5, 0.6) is 0 Å². The maximum atomic E-state index is 12.7. The molecular formula is C20H27N3O3. The molecule has 140 valence electrons. The van der Waals surface area contributed by atoms with Crippen LogP contribution in [0.15, 0.2) is 24.3 Å². The summed E-state index contributed by atoms with van der Waals surface area (Å²) in [7, 11) is 0. The van der Waals surface area contributed by atoms with Crippen LogP contribution in [0.3, 0.4) is 0 Å². The summed E-state index contributed by atoms with van der Waals surface area (Å²) in [5.41, 5.74) is 1.94. The molecule has 2 fully saturated rings. The maximum Gasteiger partial charge on any atom is 0.253 e. The van der Waals surface area contributed by atoms with Crippen LogP contribution in [-0.4, -0.2) is 59.7 Å². The van der Waals surface area contributed by atoms with Gasteiger partial charge in [0.15, 0.2) is 0 Å². The average molecular weight is 357 g/mol. The minimum absolute atomic E-state index is 0.00623. The molecule has 2 saturated heterocycles. The van der Waals surface area contributed by atoms with Crippen LogP contribution in [0, 0.1) is 0 Å². The highest BCUT2D eigenvalue weighted by Crippen LogP contribution is 2.22. The Balaban J connectivity index is 1.56. The smallest absolute Gasteiger partial charge is 0.253 e. The minimum atomic E-state index is -0.394. The van der Waals surface area contributed by atoms with Gasteiger partial charge in [-0.25, -0.2) is 0 Å². The molecule has 3 amide bonds. The number of nitrogens with zero attached hydrogens (tertiary/aromatic N) is 2. The van der Waals surface area contributed by atoms with Gasteiger partial charge < -0.3 is 15.1 Å². The van der Waals surface area contributed by atoms with E-state index in [1.165, 1.54) is 5.56 Å². The van der Waals surface area contributed by atoms with Crippen LogP contribution >= 0.6 is 0 Å². The lowest BCUT2D eigenvalue weighted by Crippen LogP contribution is -2.54. The molecule has 1 aromatic rings. The standard InChI is InChI=1S/C20H27N3O3/c1-20(2,3)15-6-4-14(5-7-15)18(25)22-10-12-23(13-11-22)19(26)16-8-9-17(24)21-16/h4-7,16H,8-13H2,1-3H3,(H,21,24). The second kappa shape index (κ2) is 7.09. The molecule has 2 heterocycles. The number of carbonyl (C=O) groups is 3. The summed E-state index contributed by atoms with van der Waals surface area (Å²) in [6.07, 6.45) is 0.982. The first-order chi connectivity index (χ1) is 12.3. The van der Waals surface area contributed by atoms with Crippen LogP contribution in [0.2, 0.25) is 0 Å². The molecule has 1 N–H and O–H groups in total. The first kappa shape index (κ1) is 18.4. The molecule has 26 heavy (non-hydrogen) atoms. The predicted octanol–water partition coefficient (Wildman–Crippen LogP) is 1.55. The minimum Gasteiger partial charge on any atom is -0.344 e. The van der Waals surface area contributed by atoms with Crippen molar-refractivity contribution in [1.29, 1.82) is 0 Å². The normalized spacial score (nSPS) is 20.9. The molecule has 2 aliphatic rings. The Labute approximate surface area is 154 Å². The lowest BCUT2D eigenvalue weighted by molar-refractivity contribution is -0.135. The second-order valence-corrected chi connectivity index (χ2v) is 8.10. The van der Waals surface area contributed by atoms with Crippen LogP contribution in [0.1, 0.15) is 49.5 Å². The fourth-order valence-corrected chi connectivity index (χ4v) is 3.45. The van der Waals surface area contributed by atoms with Gasteiger partial charge in [-0.15, -0.1) is 0 Å². The number of benzene rings is 1. The Kier molecular flexibility index (Phi) is 5.03. The van der Waals surface area contributed by atoms with Crippen molar-refractivity contribution in [2.75, 3.05) is 26.2 Å². The Morgan fingerprint density at radius 2 is 1.58 bits per heavy atom. The predicted molar refractivity (Wildman–Crippen MR) is 98.8 cm³/mol. The van der Waals surface area contributed by atoms with Gasteiger partial charge in [0.1, 0.15) is 6.04 Å². The van der Waals surface area contributed by atoms with Crippen molar-refractivity contribution in [2.24, 2.45) is 0 Å². The monoisotopic (exact) mass is 357 g/mol. The molecule has 1 aromatic carbocycles. The van der Waals surface area contributed by atoms with E-state index in [1.807, 2.05) is 24.3 Å². The molecule has 0 radical (unpaired) electrons. The molecule has 1 atom stereocenters. The summed E-state index contributed by atoms with van der Waals surface area (Å²) < 4.78 is 0. The zero-order chi connectivity index (χ0) is 18.9. The number of rotatable bonds is 2. The van der Waals surface area contributed by atoms with Crippen molar-refractivity contribution >= 4 is 17.7 Å². The second-order valence-electron chi connectivity index (χ2n) is 8.10. The third-order valence-electron chi connectivity index (χ3n) is 5.17. The molecule has 3 rings (SSSR count). The van der Waals surface area contributed by atoms with Gasteiger partial charge in [0.05, 0.1) is 0 Å². The Bertz CT molecular complexity index is 698. The van der Waals surface area contributed by atoms with Crippen molar-refractivity contribution in [2.45, 2.75) is 45.1 Å². The molecule has 0 aromatic heterocycles. The summed E-state index contributed by atoms with van der Waals surface area (Å²) in [4.78, 5) is 40.0. The van der Waals surface area contributed by atoms with Crippen LogP contribution in [0.25, 0.3) is 0 Å². The molecule has 6 heteroatoms. The van der Waals surface area contributed by atoms with Crippen LogP contribution < -0.4 is 5.32 Å². The van der Waals surface area contributed by atoms with Crippen molar-refractivity contribution in [3.63, 3.8) is 0 Å². The number of hydrogen-bond acceptors (Lipinski definition) is 3. The van der Waals surface area contributed by atoms with E-state index in [0.29, 0.717) is 44.6 Å². The molecule has 0 saturated carbocycles. The summed E-state index contributed by atoms with van der Waals surface area (Å²) in [5.74, 6) is -0.0833. The molecule has 2 aliphatic heterocycles. The van der Waals surface area contributed by atoms with Gasteiger partial charge in [-0.3, -0.25) is 14.4 Å². The Morgan fingerprint density at radius 1 is 1.00 bits per heavy atom. The summed E-state index contributed by atoms with van der Waals surface area (Å²) in [6.45, 7) is 8.50. The lowest BCUT2D eigenvalue weighted by atomic mass is 9.86. The summed E-state index contributed by atoms with van der Waals surface area (Å²) >= 11 is 0. The van der Waals surface area contributed by atoms with Gasteiger partial charge in [0, 0.05) is 38.2 Å². The van der Waals surface area contributed by atoms with E-state index in [9.17, 15) is 14.4 Å². The molecule has 0 bridgehead atoms. The first-order valence-corrected chi connectivity index (χ1v) is 9.24. The zero-order valence-electron chi connectivity index (χ0n) is 15.7. The van der Waals surface area contributed by atoms with Gasteiger partial charge in [-0.1, -0.05) is 32.9 Å². The average Bonchev–Trinajstić information content (AvgIpc) is 3.06. The number of piperazine rings is 1. The largest absolute Gasteiger partial charge is 0.344 e. The van der Waals surface area contributed by atoms with Gasteiger partial charge in [-0.2, -0.15) is 0 Å². The van der Waals surface area contributed by atoms with Gasteiger partial charge in [0.25, 0.3) is 5.91 Å². The zero-order valence-corrected chi connectivity index (χ0v) is 15.7. The number of hydrogen-bond donors (Lipinski definition) is 1. The Morgan fingerprint density at radius 3 is 2.08 bits per heavy atom. The highest BCUT2D eigenvalue weighted by molar-refractivity contribution is 5.95. The van der Waals surface area contributed by atoms with E-state index in [1.54, 1.807) is 9.80 Å². The van der Waals surface area contributed by atoms with Crippen molar-refractivity contribution < 1.29 is 14.4 Å². The van der Waals surface area contributed by atoms with E-state index < -0.39 is 6.04 Å². The number of carbonyl (C=O) groups excluding carboxylic acids is 3. The topological polar surface area (TPSA) is 69.7 Å². The van der Waals surface area contributed by atoms with Gasteiger partial charge in [-0.05, 0) is 29.5 Å². The molecule has 1 unspecified atom stereocenters. The summed E-state index contributed by atoms with van der Waals surface area (Å²) in [5, 5.41) is 2.72. The third kappa shape index (κ3) is 3.89. The quantitative estimate of drug-likeness (QED) is 0.873. The number of nitrogens with one attached hydrogen (secondary N) is 1. The molecule has 6 nitrogen and oxygen atoms in total. The lowest BCUT2D eigenvalue weighted by Gasteiger charge is -2.36. The highest BCUT2D eigenvalue weighted by Gasteiger charge is 2.33. The van der Waals surface area contributed by atoms with E-state index in [2.05, 4.69) is 26.1 Å². The summed E-state index contributed by atoms with van der Waals surface area (Å²) in [6, 6.07) is 7.39. The fraction of sp³-hybridized carbons (Fsp3) is 0.550. The van der Waals surface area contributed by atoms with Crippen molar-refractivity contribution in [1.82, 2.24) is 15.1 Å². The molecule has 0 aliphatic carbocycles. The van der Waals surface area contributed by atoms with E-state index in [-0.39, 0.29) is 23.1 Å². The van der Waals surface area contributed by atoms with Gasteiger partial charge >= 0.3 is 0 Å². The SMILES string of the molecule is CC(C)(C)c1ccc(C(=O)N2CCN(C(=O)C3CCC(=O)N3)CC2)cc1. The third-order valence-corrected chi connectivity index (χ3v) is 5.17. The first-order valence-electron chi connectivity index (χ1n) is 9.24. The fourth-order valence-electron chi connectivity index (χ4n) is 3.45.